The summed E-state index contributed by atoms with van der Waals surface area (Å²) in [5.74, 6) is 0. The van der Waals surface area contributed by atoms with Crippen LogP contribution in [0.3, 0.4) is 0 Å². The van der Waals surface area contributed by atoms with E-state index in [-0.39, 0.29) is 6.61 Å². The molecule has 0 rings (SSSR count). The second kappa shape index (κ2) is 11.8. The van der Waals surface area contributed by atoms with Crippen molar-refractivity contribution in [3.8, 4) is 0 Å². The Kier molecular flexibility index (Phi) is 11.7. The highest BCUT2D eigenvalue weighted by atomic mass is 16.5. The minimum Gasteiger partial charge on any atom is -0.396 e. The van der Waals surface area contributed by atoms with Crippen LogP contribution in [0.1, 0.15) is 19.3 Å². The van der Waals surface area contributed by atoms with Crippen molar-refractivity contribution in [2.45, 2.75) is 19.3 Å². The molecule has 0 aliphatic heterocycles. The van der Waals surface area contributed by atoms with Gasteiger partial charge in [-0.05, 0) is 25.8 Å². The molecule has 0 amide bonds. The number of hydrogen-bond donors (Lipinski definition) is 3. The molecule has 0 aromatic heterocycles. The van der Waals surface area contributed by atoms with Gasteiger partial charge in [0.25, 0.3) is 0 Å². The largest absolute Gasteiger partial charge is 0.396 e. The molecular formula is C9H21NO3. The van der Waals surface area contributed by atoms with Crippen molar-refractivity contribution < 1.29 is 14.9 Å². The first-order valence-corrected chi connectivity index (χ1v) is 4.92. The lowest BCUT2D eigenvalue weighted by atomic mass is 10.2. The van der Waals surface area contributed by atoms with Gasteiger partial charge >= 0.3 is 0 Å². The molecule has 0 aromatic rings. The van der Waals surface area contributed by atoms with Gasteiger partial charge in [-0.15, -0.1) is 0 Å². The molecule has 0 saturated heterocycles. The summed E-state index contributed by atoms with van der Waals surface area (Å²) in [5, 5.41) is 20.1. The highest BCUT2D eigenvalue weighted by molar-refractivity contribution is 4.47. The van der Waals surface area contributed by atoms with Gasteiger partial charge < -0.3 is 20.3 Å². The Morgan fingerprint density at radius 1 is 0.846 bits per heavy atom. The second-order valence-corrected chi connectivity index (χ2v) is 2.87. The number of ether oxygens (including phenoxy) is 1. The van der Waals surface area contributed by atoms with E-state index in [0.717, 1.165) is 32.4 Å². The van der Waals surface area contributed by atoms with Gasteiger partial charge in [0.2, 0.25) is 0 Å². The second-order valence-electron chi connectivity index (χ2n) is 2.87. The lowest BCUT2D eigenvalue weighted by Gasteiger charge is -2.04. The Labute approximate surface area is 79.9 Å². The summed E-state index contributed by atoms with van der Waals surface area (Å²) >= 11 is 0. The number of nitrogens with one attached hydrogen (secondary N) is 1. The fourth-order valence-corrected chi connectivity index (χ4v) is 0.975. The van der Waals surface area contributed by atoms with Crippen molar-refractivity contribution in [2.24, 2.45) is 0 Å². The molecule has 0 radical (unpaired) electrons. The predicted molar refractivity (Wildman–Crippen MR) is 51.7 cm³/mol. The van der Waals surface area contributed by atoms with Gasteiger partial charge in [-0.3, -0.25) is 0 Å². The average Bonchev–Trinajstić information content (AvgIpc) is 2.16. The SMILES string of the molecule is OCCCCCNCCOCCO. The van der Waals surface area contributed by atoms with Crippen molar-refractivity contribution in [1.82, 2.24) is 5.32 Å². The summed E-state index contributed by atoms with van der Waals surface area (Å²) in [7, 11) is 0. The van der Waals surface area contributed by atoms with Crippen LogP contribution in [0.2, 0.25) is 0 Å². The highest BCUT2D eigenvalue weighted by Gasteiger charge is 1.89. The Hall–Kier alpha value is -0.160. The summed E-state index contributed by atoms with van der Waals surface area (Å²) in [6.07, 6.45) is 3.06. The molecule has 0 unspecified atom stereocenters. The van der Waals surface area contributed by atoms with Crippen LogP contribution >= 0.6 is 0 Å². The van der Waals surface area contributed by atoms with Crippen LogP contribution in [0.25, 0.3) is 0 Å². The first kappa shape index (κ1) is 12.8. The molecule has 0 aliphatic rings. The molecule has 0 heterocycles. The van der Waals surface area contributed by atoms with Gasteiger partial charge in [0.05, 0.1) is 19.8 Å². The van der Waals surface area contributed by atoms with Gasteiger partial charge in [-0.2, -0.15) is 0 Å². The summed E-state index contributed by atoms with van der Waals surface area (Å²) in [5.41, 5.74) is 0. The maximum Gasteiger partial charge on any atom is 0.0698 e. The molecule has 4 heteroatoms. The number of aliphatic hydroxyl groups excluding tert-OH is 2. The third-order valence-corrected chi connectivity index (χ3v) is 1.67. The molecule has 0 saturated carbocycles. The molecule has 0 bridgehead atoms. The van der Waals surface area contributed by atoms with Gasteiger partial charge in [0, 0.05) is 13.2 Å². The topological polar surface area (TPSA) is 61.7 Å². The number of rotatable bonds is 10. The highest BCUT2D eigenvalue weighted by Crippen LogP contribution is 1.91. The van der Waals surface area contributed by atoms with Crippen molar-refractivity contribution in [3.05, 3.63) is 0 Å². The minimum atomic E-state index is 0.0938. The first-order chi connectivity index (χ1) is 6.41. The first-order valence-electron chi connectivity index (χ1n) is 4.92. The van der Waals surface area contributed by atoms with Crippen LogP contribution in [0.4, 0.5) is 0 Å². The molecule has 0 spiro atoms. The third-order valence-electron chi connectivity index (χ3n) is 1.67. The van der Waals surface area contributed by atoms with Crippen LogP contribution in [0, 0.1) is 0 Å². The number of hydrogen-bond acceptors (Lipinski definition) is 4. The maximum absolute atomic E-state index is 8.50. The van der Waals surface area contributed by atoms with Crippen LogP contribution in [-0.4, -0.2) is 49.7 Å². The van der Waals surface area contributed by atoms with E-state index in [4.69, 9.17) is 14.9 Å². The minimum absolute atomic E-state index is 0.0938. The van der Waals surface area contributed by atoms with Crippen molar-refractivity contribution in [1.29, 1.82) is 0 Å². The molecular weight excluding hydrogens is 170 g/mol. The summed E-state index contributed by atoms with van der Waals surface area (Å²) < 4.78 is 5.06. The van der Waals surface area contributed by atoms with E-state index in [1.807, 2.05) is 0 Å². The Bertz CT molecular complexity index is 80.9. The monoisotopic (exact) mass is 191 g/mol. The molecule has 80 valence electrons. The number of aliphatic hydroxyl groups is 2. The number of unbranched alkanes of at least 4 members (excludes halogenated alkanes) is 2. The molecule has 13 heavy (non-hydrogen) atoms. The van der Waals surface area contributed by atoms with Gasteiger partial charge in [-0.25, -0.2) is 0 Å². The normalized spacial score (nSPS) is 10.6. The van der Waals surface area contributed by atoms with Gasteiger partial charge in [0.1, 0.15) is 0 Å². The maximum atomic E-state index is 8.50. The van der Waals surface area contributed by atoms with Crippen molar-refractivity contribution in [3.63, 3.8) is 0 Å². The van der Waals surface area contributed by atoms with Gasteiger partial charge in [-0.1, -0.05) is 0 Å². The third kappa shape index (κ3) is 11.8. The lowest BCUT2D eigenvalue weighted by molar-refractivity contribution is 0.0939. The van der Waals surface area contributed by atoms with Crippen LogP contribution in [0.15, 0.2) is 0 Å². The van der Waals surface area contributed by atoms with E-state index in [9.17, 15) is 0 Å². The zero-order valence-corrected chi connectivity index (χ0v) is 8.17. The molecule has 0 fully saturated rings. The Morgan fingerprint density at radius 2 is 1.69 bits per heavy atom. The summed E-state index contributed by atoms with van der Waals surface area (Å²) in [4.78, 5) is 0. The fraction of sp³-hybridized carbons (Fsp3) is 1.00. The molecule has 0 atom stereocenters. The van der Waals surface area contributed by atoms with Crippen LogP contribution in [0.5, 0.6) is 0 Å². The summed E-state index contributed by atoms with van der Waals surface area (Å²) in [6, 6.07) is 0. The molecule has 0 aromatic carbocycles. The van der Waals surface area contributed by atoms with Crippen LogP contribution in [-0.2, 0) is 4.74 Å². The molecule has 3 N–H and O–H groups in total. The van der Waals surface area contributed by atoms with Gasteiger partial charge in [0.15, 0.2) is 0 Å². The Morgan fingerprint density at radius 3 is 2.38 bits per heavy atom. The lowest BCUT2D eigenvalue weighted by Crippen LogP contribution is -2.21. The molecule has 4 nitrogen and oxygen atoms in total. The molecule has 0 aliphatic carbocycles. The Balaban J connectivity index is 2.76. The zero-order chi connectivity index (χ0) is 9.78. The zero-order valence-electron chi connectivity index (χ0n) is 8.17. The quantitative estimate of drug-likeness (QED) is 0.417. The predicted octanol–water partition coefficient (Wildman–Crippen LogP) is -0.252. The van der Waals surface area contributed by atoms with E-state index < -0.39 is 0 Å². The van der Waals surface area contributed by atoms with Crippen molar-refractivity contribution in [2.75, 3.05) is 39.5 Å². The van der Waals surface area contributed by atoms with E-state index in [2.05, 4.69) is 5.32 Å². The van der Waals surface area contributed by atoms with Crippen molar-refractivity contribution >= 4 is 0 Å². The van der Waals surface area contributed by atoms with E-state index in [1.54, 1.807) is 0 Å². The fourth-order valence-electron chi connectivity index (χ4n) is 0.975. The van der Waals surface area contributed by atoms with Crippen LogP contribution < -0.4 is 5.32 Å². The average molecular weight is 191 g/mol. The van der Waals surface area contributed by atoms with E-state index >= 15 is 0 Å². The standard InChI is InChI=1S/C9H21NO3/c11-6-3-1-2-4-10-5-8-13-9-7-12/h10-12H,1-9H2. The van der Waals surface area contributed by atoms with E-state index in [0.29, 0.717) is 19.8 Å². The smallest absolute Gasteiger partial charge is 0.0698 e. The summed E-state index contributed by atoms with van der Waals surface area (Å²) in [6.45, 7) is 3.27. The van der Waals surface area contributed by atoms with E-state index in [1.165, 1.54) is 0 Å².